The van der Waals surface area contributed by atoms with Crippen LogP contribution >= 0.6 is 23.2 Å². The Hall–Kier alpha value is -2.51. The molecule has 0 saturated heterocycles. The molecule has 0 spiro atoms. The Balaban J connectivity index is 0.000000133. The first-order chi connectivity index (χ1) is 10.7. The predicted molar refractivity (Wildman–Crippen MR) is 81.4 cm³/mol. The van der Waals surface area contributed by atoms with Crippen LogP contribution in [0.25, 0.3) is 11.3 Å². The molecule has 4 aromatic heterocycles. The SMILES string of the molecule is Clc1ccn2nccc2n1.O=Cc1cnn2ccc(Cl)nc12. The van der Waals surface area contributed by atoms with Crippen molar-refractivity contribution in [2.24, 2.45) is 0 Å². The lowest BCUT2D eigenvalue weighted by molar-refractivity contribution is 0.112. The number of halogens is 2. The highest BCUT2D eigenvalue weighted by Crippen LogP contribution is 2.09. The third kappa shape index (κ3) is 2.90. The lowest BCUT2D eigenvalue weighted by Gasteiger charge is -1.91. The van der Waals surface area contributed by atoms with Crippen LogP contribution in [0.5, 0.6) is 0 Å². The molecule has 4 rings (SSSR count). The summed E-state index contributed by atoms with van der Waals surface area (Å²) < 4.78 is 3.15. The van der Waals surface area contributed by atoms with Crippen molar-refractivity contribution in [1.82, 2.24) is 29.2 Å². The first-order valence-electron chi connectivity index (χ1n) is 6.08. The number of hydrogen-bond acceptors (Lipinski definition) is 5. The first-order valence-corrected chi connectivity index (χ1v) is 6.84. The maximum Gasteiger partial charge on any atom is 0.167 e. The van der Waals surface area contributed by atoms with Crippen LogP contribution in [0.3, 0.4) is 0 Å². The molecule has 0 aliphatic heterocycles. The molecule has 7 nitrogen and oxygen atoms in total. The van der Waals surface area contributed by atoms with Crippen molar-refractivity contribution in [3.8, 4) is 0 Å². The van der Waals surface area contributed by atoms with Gasteiger partial charge in [-0.1, -0.05) is 23.2 Å². The van der Waals surface area contributed by atoms with E-state index in [-0.39, 0.29) is 0 Å². The van der Waals surface area contributed by atoms with Crippen molar-refractivity contribution < 1.29 is 4.79 Å². The largest absolute Gasteiger partial charge is 0.298 e. The zero-order valence-electron chi connectivity index (χ0n) is 11.0. The van der Waals surface area contributed by atoms with E-state index in [0.29, 0.717) is 27.8 Å². The molecule has 9 heteroatoms. The summed E-state index contributed by atoms with van der Waals surface area (Å²) in [6, 6.07) is 5.10. The van der Waals surface area contributed by atoms with Crippen molar-refractivity contribution in [3.63, 3.8) is 0 Å². The van der Waals surface area contributed by atoms with E-state index in [1.807, 2.05) is 0 Å². The molecule has 0 atom stereocenters. The number of nitrogens with zero attached hydrogens (tertiary/aromatic N) is 6. The molecule has 4 heterocycles. The van der Waals surface area contributed by atoms with Gasteiger partial charge >= 0.3 is 0 Å². The fourth-order valence-electron chi connectivity index (χ4n) is 1.74. The molecule has 0 aliphatic rings. The standard InChI is InChI=1S/C7H4ClN3O.C6H4ClN3/c8-6-1-2-11-7(10-6)5(4-12)3-9-11;7-5-2-4-10-6(9-5)1-3-8-10/h1-4H;1-4H. The second-order valence-corrected chi connectivity index (χ2v) is 4.89. The van der Waals surface area contributed by atoms with Crippen LogP contribution in [-0.4, -0.2) is 35.5 Å². The molecule has 0 N–H and O–H groups in total. The van der Waals surface area contributed by atoms with Gasteiger partial charge in [0.05, 0.1) is 18.0 Å². The maximum atomic E-state index is 10.5. The van der Waals surface area contributed by atoms with E-state index < -0.39 is 0 Å². The summed E-state index contributed by atoms with van der Waals surface area (Å²) in [6.07, 6.45) is 7.25. The number of hydrogen-bond donors (Lipinski definition) is 0. The van der Waals surface area contributed by atoms with E-state index >= 15 is 0 Å². The van der Waals surface area contributed by atoms with Gasteiger partial charge < -0.3 is 0 Å². The van der Waals surface area contributed by atoms with Crippen LogP contribution in [0.15, 0.2) is 43.0 Å². The van der Waals surface area contributed by atoms with Gasteiger partial charge in [-0.25, -0.2) is 19.0 Å². The molecule has 0 amide bonds. The summed E-state index contributed by atoms with van der Waals surface area (Å²) in [4.78, 5) is 18.4. The molecule has 0 bridgehead atoms. The average Bonchev–Trinajstić information content (AvgIpc) is 3.13. The van der Waals surface area contributed by atoms with Crippen LogP contribution in [-0.2, 0) is 0 Å². The van der Waals surface area contributed by atoms with Crippen LogP contribution in [0, 0.1) is 0 Å². The summed E-state index contributed by atoms with van der Waals surface area (Å²) in [5.41, 5.74) is 1.70. The highest BCUT2D eigenvalue weighted by molar-refractivity contribution is 6.29. The highest BCUT2D eigenvalue weighted by atomic mass is 35.5. The Labute approximate surface area is 134 Å². The normalized spacial score (nSPS) is 10.5. The first kappa shape index (κ1) is 14.4. The van der Waals surface area contributed by atoms with Crippen molar-refractivity contribution in [1.29, 1.82) is 0 Å². The summed E-state index contributed by atoms with van der Waals surface area (Å²) in [7, 11) is 0. The van der Waals surface area contributed by atoms with E-state index in [4.69, 9.17) is 23.2 Å². The maximum absolute atomic E-state index is 10.5. The minimum absolute atomic E-state index is 0.353. The number of carbonyl (C=O) groups is 1. The molecule has 110 valence electrons. The van der Waals surface area contributed by atoms with Crippen LogP contribution in [0.2, 0.25) is 10.3 Å². The van der Waals surface area contributed by atoms with Crippen LogP contribution in [0.1, 0.15) is 10.4 Å². The molecular weight excluding hydrogens is 327 g/mol. The van der Waals surface area contributed by atoms with E-state index in [1.54, 1.807) is 41.3 Å². The summed E-state index contributed by atoms with van der Waals surface area (Å²) in [5.74, 6) is 0. The van der Waals surface area contributed by atoms with Crippen LogP contribution in [0.4, 0.5) is 0 Å². The van der Waals surface area contributed by atoms with Gasteiger partial charge in [0.15, 0.2) is 17.6 Å². The molecule has 0 aliphatic carbocycles. The van der Waals surface area contributed by atoms with E-state index in [0.717, 1.165) is 5.65 Å². The Morgan fingerprint density at radius 2 is 1.68 bits per heavy atom. The smallest absolute Gasteiger partial charge is 0.167 e. The van der Waals surface area contributed by atoms with Crippen molar-refractivity contribution in [2.45, 2.75) is 0 Å². The van der Waals surface area contributed by atoms with Crippen molar-refractivity contribution >= 4 is 40.8 Å². The Morgan fingerprint density at radius 3 is 2.45 bits per heavy atom. The molecule has 0 saturated carbocycles. The van der Waals surface area contributed by atoms with Gasteiger partial charge in [-0.15, -0.1) is 0 Å². The summed E-state index contributed by atoms with van der Waals surface area (Å²) in [5, 5.41) is 8.70. The fourth-order valence-corrected chi connectivity index (χ4v) is 2.02. The quantitative estimate of drug-likeness (QED) is 0.395. The second-order valence-electron chi connectivity index (χ2n) is 4.12. The summed E-state index contributed by atoms with van der Waals surface area (Å²) in [6.45, 7) is 0. The number of aromatic nitrogens is 6. The lowest BCUT2D eigenvalue weighted by Crippen LogP contribution is -1.89. The zero-order valence-corrected chi connectivity index (χ0v) is 12.5. The third-order valence-electron chi connectivity index (χ3n) is 2.71. The lowest BCUT2D eigenvalue weighted by atomic mass is 10.4. The zero-order chi connectivity index (χ0) is 15.5. The van der Waals surface area contributed by atoms with Gasteiger partial charge in [-0.3, -0.25) is 4.79 Å². The Morgan fingerprint density at radius 1 is 0.955 bits per heavy atom. The Bertz CT molecular complexity index is 948. The van der Waals surface area contributed by atoms with Gasteiger partial charge in [0, 0.05) is 18.5 Å². The summed E-state index contributed by atoms with van der Waals surface area (Å²) >= 11 is 11.3. The van der Waals surface area contributed by atoms with Gasteiger partial charge in [-0.2, -0.15) is 10.2 Å². The molecule has 0 radical (unpaired) electrons. The fraction of sp³-hybridized carbons (Fsp3) is 0. The number of aldehydes is 1. The average molecular weight is 335 g/mol. The van der Waals surface area contributed by atoms with Gasteiger partial charge in [0.1, 0.15) is 10.3 Å². The Kier molecular flexibility index (Phi) is 3.99. The molecule has 0 fully saturated rings. The van der Waals surface area contributed by atoms with E-state index in [2.05, 4.69) is 20.2 Å². The molecule has 4 aromatic rings. The minimum Gasteiger partial charge on any atom is -0.298 e. The highest BCUT2D eigenvalue weighted by Gasteiger charge is 2.03. The van der Waals surface area contributed by atoms with Gasteiger partial charge in [0.2, 0.25) is 0 Å². The monoisotopic (exact) mass is 334 g/mol. The minimum atomic E-state index is 0.353. The van der Waals surface area contributed by atoms with Crippen molar-refractivity contribution in [3.05, 3.63) is 58.9 Å². The topological polar surface area (TPSA) is 77.5 Å². The molecule has 22 heavy (non-hydrogen) atoms. The van der Waals surface area contributed by atoms with Gasteiger partial charge in [-0.05, 0) is 12.1 Å². The van der Waals surface area contributed by atoms with E-state index in [1.165, 1.54) is 10.7 Å². The molecule has 0 aromatic carbocycles. The van der Waals surface area contributed by atoms with Crippen LogP contribution < -0.4 is 0 Å². The van der Waals surface area contributed by atoms with Gasteiger partial charge in [0.25, 0.3) is 0 Å². The second kappa shape index (κ2) is 6.08. The third-order valence-corrected chi connectivity index (χ3v) is 3.13. The number of rotatable bonds is 1. The predicted octanol–water partition coefficient (Wildman–Crippen LogP) is 2.58. The number of carbonyl (C=O) groups excluding carboxylic acids is 1. The number of fused-ring (bicyclic) bond motifs is 2. The van der Waals surface area contributed by atoms with E-state index in [9.17, 15) is 4.79 Å². The molecular formula is C13H8Cl2N6O. The molecule has 0 unspecified atom stereocenters. The van der Waals surface area contributed by atoms with Crippen molar-refractivity contribution in [2.75, 3.05) is 0 Å².